The van der Waals surface area contributed by atoms with Crippen LogP contribution in [0.15, 0.2) is 35.4 Å². The zero-order valence-electron chi connectivity index (χ0n) is 18.7. The number of aromatic nitrogens is 2. The van der Waals surface area contributed by atoms with E-state index in [-0.39, 0.29) is 0 Å². The molecule has 29 heavy (non-hydrogen) atoms. The average Bonchev–Trinajstić information content (AvgIpc) is 3.06. The lowest BCUT2D eigenvalue weighted by atomic mass is 9.99. The molecule has 0 spiro atoms. The third kappa shape index (κ3) is 4.25. The van der Waals surface area contributed by atoms with Gasteiger partial charge in [0, 0.05) is 18.7 Å². The summed E-state index contributed by atoms with van der Waals surface area (Å²) in [5.74, 6) is 1.49. The number of fused-ring (bicyclic) bond motifs is 1. The molecule has 0 saturated carbocycles. The van der Waals surface area contributed by atoms with Gasteiger partial charge in [0.15, 0.2) is 0 Å². The number of thioether (sulfide) groups is 1. The first-order chi connectivity index (χ1) is 13.9. The van der Waals surface area contributed by atoms with E-state index >= 15 is 0 Å². The van der Waals surface area contributed by atoms with Crippen molar-refractivity contribution in [2.45, 2.75) is 46.1 Å². The number of ether oxygens (including phenoxy) is 1. The standard InChI is InChI=1S/C24H33N3OS/c1-8-12-26(15-16(2)3)23-21-11-9-10-20(27(21)25-24(23)29-7)22-17(4)13-19(28-6)14-18(22)5/h9-11,13-14,16H,8,12,15H2,1-7H3. The minimum absolute atomic E-state index is 0.598. The highest BCUT2D eigenvalue weighted by atomic mass is 32.2. The Morgan fingerprint density at radius 3 is 2.41 bits per heavy atom. The lowest BCUT2D eigenvalue weighted by molar-refractivity contribution is 0.414. The van der Waals surface area contributed by atoms with Gasteiger partial charge in [-0.1, -0.05) is 26.8 Å². The van der Waals surface area contributed by atoms with Crippen molar-refractivity contribution in [1.82, 2.24) is 9.61 Å². The van der Waals surface area contributed by atoms with Crippen molar-refractivity contribution in [1.29, 1.82) is 0 Å². The van der Waals surface area contributed by atoms with Gasteiger partial charge in [0.1, 0.15) is 10.8 Å². The number of hydrogen-bond acceptors (Lipinski definition) is 4. The molecule has 4 nitrogen and oxygen atoms in total. The van der Waals surface area contributed by atoms with E-state index in [1.807, 2.05) is 0 Å². The molecular weight excluding hydrogens is 378 g/mol. The Morgan fingerprint density at radius 2 is 1.86 bits per heavy atom. The van der Waals surface area contributed by atoms with Gasteiger partial charge in [-0.25, -0.2) is 4.52 Å². The van der Waals surface area contributed by atoms with Crippen LogP contribution in [0.2, 0.25) is 0 Å². The quantitative estimate of drug-likeness (QED) is 0.412. The average molecular weight is 412 g/mol. The largest absolute Gasteiger partial charge is 0.497 e. The van der Waals surface area contributed by atoms with Crippen LogP contribution in [0.4, 0.5) is 5.69 Å². The fourth-order valence-corrected chi connectivity index (χ4v) is 4.70. The van der Waals surface area contributed by atoms with Crippen LogP contribution in [0.25, 0.3) is 16.8 Å². The second kappa shape index (κ2) is 9.12. The topological polar surface area (TPSA) is 29.8 Å². The zero-order chi connectivity index (χ0) is 21.1. The smallest absolute Gasteiger partial charge is 0.142 e. The van der Waals surface area contributed by atoms with Gasteiger partial charge < -0.3 is 9.64 Å². The third-order valence-electron chi connectivity index (χ3n) is 5.19. The number of nitrogens with zero attached hydrogens (tertiary/aromatic N) is 3. The molecule has 1 aromatic carbocycles. The fourth-order valence-electron chi connectivity index (χ4n) is 4.11. The Kier molecular flexibility index (Phi) is 6.78. The van der Waals surface area contributed by atoms with Gasteiger partial charge in [0.2, 0.25) is 0 Å². The molecule has 0 saturated heterocycles. The number of benzene rings is 1. The molecule has 0 fully saturated rings. The minimum atomic E-state index is 0.598. The van der Waals surface area contributed by atoms with Crippen LogP contribution in [0, 0.1) is 19.8 Å². The fraction of sp³-hybridized carbons (Fsp3) is 0.458. The third-order valence-corrected chi connectivity index (χ3v) is 5.85. The summed E-state index contributed by atoms with van der Waals surface area (Å²) in [5.41, 5.74) is 7.19. The molecule has 0 aliphatic carbocycles. The normalized spacial score (nSPS) is 11.4. The van der Waals surface area contributed by atoms with Gasteiger partial charge in [-0.05, 0) is 67.8 Å². The molecule has 3 aromatic rings. The Labute approximate surface area is 179 Å². The highest BCUT2D eigenvalue weighted by molar-refractivity contribution is 7.98. The predicted octanol–water partition coefficient (Wildman–Crippen LogP) is 6.22. The van der Waals surface area contributed by atoms with E-state index in [0.717, 1.165) is 36.0 Å². The Hall–Kier alpha value is -2.14. The zero-order valence-corrected chi connectivity index (χ0v) is 19.6. The highest BCUT2D eigenvalue weighted by Crippen LogP contribution is 2.37. The van der Waals surface area contributed by atoms with Gasteiger partial charge in [-0.2, -0.15) is 5.10 Å². The van der Waals surface area contributed by atoms with Crippen LogP contribution in [-0.2, 0) is 0 Å². The maximum absolute atomic E-state index is 5.46. The first-order valence-electron chi connectivity index (χ1n) is 10.4. The summed E-state index contributed by atoms with van der Waals surface area (Å²) in [7, 11) is 1.72. The van der Waals surface area contributed by atoms with E-state index in [2.05, 4.69) is 80.6 Å². The molecule has 0 atom stereocenters. The second-order valence-electron chi connectivity index (χ2n) is 8.04. The van der Waals surface area contributed by atoms with Crippen molar-refractivity contribution >= 4 is 23.0 Å². The lowest BCUT2D eigenvalue weighted by Gasteiger charge is -2.26. The van der Waals surface area contributed by atoms with Crippen molar-refractivity contribution < 1.29 is 4.74 Å². The number of pyridine rings is 1. The molecule has 0 unspecified atom stereocenters. The number of hydrogen-bond donors (Lipinski definition) is 0. The molecule has 0 aliphatic rings. The SMILES string of the molecule is CCCN(CC(C)C)c1c(SC)nn2c(-c3c(C)cc(OC)cc3C)cccc12. The molecule has 156 valence electrons. The van der Waals surface area contributed by atoms with Crippen LogP contribution in [-0.4, -0.2) is 36.1 Å². The van der Waals surface area contributed by atoms with E-state index in [9.17, 15) is 0 Å². The first-order valence-corrected chi connectivity index (χ1v) is 11.6. The molecule has 2 aromatic heterocycles. The van der Waals surface area contributed by atoms with Gasteiger partial charge >= 0.3 is 0 Å². The van der Waals surface area contributed by atoms with E-state index in [4.69, 9.17) is 9.84 Å². The van der Waals surface area contributed by atoms with Crippen molar-refractivity contribution in [3.8, 4) is 17.0 Å². The molecule has 0 radical (unpaired) electrons. The van der Waals surface area contributed by atoms with Crippen molar-refractivity contribution in [2.24, 2.45) is 5.92 Å². The predicted molar refractivity (Wildman–Crippen MR) is 126 cm³/mol. The molecule has 5 heteroatoms. The van der Waals surface area contributed by atoms with Crippen LogP contribution in [0.5, 0.6) is 5.75 Å². The number of anilines is 1. The van der Waals surface area contributed by atoms with Crippen molar-refractivity contribution in [3.05, 3.63) is 41.5 Å². The van der Waals surface area contributed by atoms with Crippen LogP contribution >= 0.6 is 11.8 Å². The summed E-state index contributed by atoms with van der Waals surface area (Å²) in [4.78, 5) is 2.51. The van der Waals surface area contributed by atoms with Crippen LogP contribution < -0.4 is 9.64 Å². The van der Waals surface area contributed by atoms with E-state index in [1.54, 1.807) is 18.9 Å². The number of methoxy groups -OCH3 is 1. The molecule has 3 rings (SSSR count). The molecule has 0 N–H and O–H groups in total. The van der Waals surface area contributed by atoms with E-state index < -0.39 is 0 Å². The monoisotopic (exact) mass is 411 g/mol. The van der Waals surface area contributed by atoms with Gasteiger partial charge in [0.25, 0.3) is 0 Å². The molecular formula is C24H33N3OS. The highest BCUT2D eigenvalue weighted by Gasteiger charge is 2.21. The van der Waals surface area contributed by atoms with Gasteiger partial charge in [-0.3, -0.25) is 0 Å². The Morgan fingerprint density at radius 1 is 1.17 bits per heavy atom. The maximum Gasteiger partial charge on any atom is 0.142 e. The first kappa shape index (κ1) is 21.6. The molecule has 2 heterocycles. The molecule has 0 aliphatic heterocycles. The Bertz CT molecular complexity index is 970. The summed E-state index contributed by atoms with van der Waals surface area (Å²) in [6.07, 6.45) is 3.24. The minimum Gasteiger partial charge on any atom is -0.497 e. The summed E-state index contributed by atoms with van der Waals surface area (Å²) < 4.78 is 7.59. The Balaban J connectivity index is 2.25. The second-order valence-corrected chi connectivity index (χ2v) is 8.84. The van der Waals surface area contributed by atoms with Crippen molar-refractivity contribution in [3.63, 3.8) is 0 Å². The molecule has 0 bridgehead atoms. The van der Waals surface area contributed by atoms with Crippen LogP contribution in [0.3, 0.4) is 0 Å². The van der Waals surface area contributed by atoms with Gasteiger partial charge in [-0.15, -0.1) is 11.8 Å². The molecule has 0 amide bonds. The number of rotatable bonds is 8. The summed E-state index contributed by atoms with van der Waals surface area (Å²) >= 11 is 1.73. The van der Waals surface area contributed by atoms with Crippen molar-refractivity contribution in [2.75, 3.05) is 31.4 Å². The van der Waals surface area contributed by atoms with Gasteiger partial charge in [0.05, 0.1) is 24.0 Å². The summed E-state index contributed by atoms with van der Waals surface area (Å²) in [6, 6.07) is 10.7. The number of aryl methyl sites for hydroxylation is 2. The van der Waals surface area contributed by atoms with E-state index in [1.165, 1.54) is 27.9 Å². The lowest BCUT2D eigenvalue weighted by Crippen LogP contribution is -2.28. The summed E-state index contributed by atoms with van der Waals surface area (Å²) in [5, 5.41) is 6.14. The van der Waals surface area contributed by atoms with Crippen LogP contribution in [0.1, 0.15) is 38.3 Å². The maximum atomic E-state index is 5.46. The van der Waals surface area contributed by atoms with E-state index in [0.29, 0.717) is 5.92 Å². The summed E-state index contributed by atoms with van der Waals surface area (Å²) in [6.45, 7) is 13.2.